The summed E-state index contributed by atoms with van der Waals surface area (Å²) in [5.74, 6) is -8.34. The predicted molar refractivity (Wildman–Crippen MR) is 171 cm³/mol. The Balaban J connectivity index is 1.43. The third kappa shape index (κ3) is 4.78. The molecule has 3 aromatic carbocycles. The quantitative estimate of drug-likeness (QED) is 0.224. The van der Waals surface area contributed by atoms with Crippen molar-refractivity contribution < 1.29 is 38.6 Å². The Hall–Kier alpha value is -4.74. The molecular formula is C35H28Cl2FN3O7. The number of likely N-dealkylation sites (tertiary alicyclic amines) is 1. The molecule has 4 aliphatic rings. The average Bonchev–Trinajstić information content (AvgIpc) is 3.42. The molecule has 4 amide bonds. The lowest BCUT2D eigenvalue weighted by molar-refractivity contribution is -0.143. The van der Waals surface area contributed by atoms with Crippen molar-refractivity contribution >= 4 is 58.5 Å². The topological polar surface area (TPSA) is 144 Å². The van der Waals surface area contributed by atoms with Crippen molar-refractivity contribution in [3.63, 3.8) is 0 Å². The summed E-state index contributed by atoms with van der Waals surface area (Å²) in [6, 6.07) is 16.1. The monoisotopic (exact) mass is 691 g/mol. The first kappa shape index (κ1) is 31.8. The summed E-state index contributed by atoms with van der Waals surface area (Å²) in [5.41, 5.74) is 3.05. The van der Waals surface area contributed by atoms with E-state index in [0.29, 0.717) is 21.7 Å². The van der Waals surface area contributed by atoms with E-state index in [0.717, 1.165) is 9.91 Å². The number of carbonyl (C=O) groups is 5. The number of carboxylic acid groups (broad SMARTS) is 1. The molecule has 1 saturated carbocycles. The number of phenolic OH excluding ortho intramolecular Hbond substituents is 1. The highest BCUT2D eigenvalue weighted by molar-refractivity contribution is 6.32. The number of allylic oxidation sites excluding steroid dienone is 2. The highest BCUT2D eigenvalue weighted by Gasteiger charge is 2.70. The molecule has 3 N–H and O–H groups in total. The molecule has 0 radical (unpaired) electrons. The molecule has 0 bridgehead atoms. The highest BCUT2D eigenvalue weighted by atomic mass is 35.5. The zero-order chi connectivity index (χ0) is 34.1. The smallest absolute Gasteiger partial charge is 0.305 e. The molecule has 48 heavy (non-hydrogen) atoms. The number of phenols is 1. The van der Waals surface area contributed by atoms with Crippen LogP contribution < -0.4 is 5.43 Å². The number of amides is 4. The third-order valence-electron chi connectivity index (χ3n) is 10.2. The third-order valence-corrected chi connectivity index (χ3v) is 10.8. The molecule has 0 aromatic heterocycles. The summed E-state index contributed by atoms with van der Waals surface area (Å²) in [5, 5.41) is 21.0. The fraction of sp³-hybridized carbons (Fsp3) is 0.286. The summed E-state index contributed by atoms with van der Waals surface area (Å²) >= 11 is 13.1. The van der Waals surface area contributed by atoms with Crippen LogP contribution in [0.2, 0.25) is 10.0 Å². The second-order valence-corrected chi connectivity index (χ2v) is 13.4. The van der Waals surface area contributed by atoms with Crippen LogP contribution in [0, 0.1) is 29.5 Å². The van der Waals surface area contributed by atoms with Crippen molar-refractivity contribution in [2.24, 2.45) is 23.7 Å². The summed E-state index contributed by atoms with van der Waals surface area (Å²) in [4.78, 5) is 69.3. The predicted octanol–water partition coefficient (Wildman–Crippen LogP) is 5.30. The van der Waals surface area contributed by atoms with E-state index in [4.69, 9.17) is 23.2 Å². The first-order valence-electron chi connectivity index (χ1n) is 15.4. The van der Waals surface area contributed by atoms with E-state index in [1.807, 2.05) is 6.08 Å². The lowest BCUT2D eigenvalue weighted by Gasteiger charge is -2.50. The molecule has 3 fully saturated rings. The summed E-state index contributed by atoms with van der Waals surface area (Å²) in [6.07, 6.45) is 1.60. The zero-order valence-corrected chi connectivity index (χ0v) is 26.6. The molecule has 0 spiro atoms. The molecule has 6 unspecified atom stereocenters. The number of nitrogens with zero attached hydrogens (tertiary/aromatic N) is 2. The number of rotatable bonds is 7. The van der Waals surface area contributed by atoms with Gasteiger partial charge in [0.2, 0.25) is 11.8 Å². The Morgan fingerprint density at radius 3 is 2.31 bits per heavy atom. The molecule has 2 aliphatic carbocycles. The van der Waals surface area contributed by atoms with Crippen LogP contribution >= 0.6 is 23.2 Å². The number of carbonyl (C=O) groups excluding carboxylic acids is 4. The second kappa shape index (κ2) is 11.7. The van der Waals surface area contributed by atoms with E-state index in [2.05, 4.69) is 5.43 Å². The van der Waals surface area contributed by atoms with Gasteiger partial charge in [0.05, 0.1) is 35.3 Å². The van der Waals surface area contributed by atoms with Gasteiger partial charge < -0.3 is 10.2 Å². The Kier molecular flexibility index (Phi) is 7.79. The summed E-state index contributed by atoms with van der Waals surface area (Å²) < 4.78 is 13.8. The number of nitrogens with one attached hydrogen (secondary N) is 1. The maximum absolute atomic E-state index is 15.0. The number of aliphatic carboxylic acids is 1. The van der Waals surface area contributed by atoms with Gasteiger partial charge in [-0.05, 0) is 78.4 Å². The summed E-state index contributed by atoms with van der Waals surface area (Å²) in [7, 11) is 0. The number of hydrogen-bond donors (Lipinski definition) is 3. The van der Waals surface area contributed by atoms with Crippen LogP contribution in [0.5, 0.6) is 5.75 Å². The molecule has 246 valence electrons. The largest absolute Gasteiger partial charge is 0.508 e. The van der Waals surface area contributed by atoms with Crippen molar-refractivity contribution in [2.45, 2.75) is 30.6 Å². The van der Waals surface area contributed by atoms with Gasteiger partial charge in [0.15, 0.2) is 0 Å². The van der Waals surface area contributed by atoms with Gasteiger partial charge in [-0.25, -0.2) is 4.39 Å². The molecule has 6 atom stereocenters. The zero-order valence-electron chi connectivity index (χ0n) is 25.1. The van der Waals surface area contributed by atoms with Crippen LogP contribution in [0.15, 0.2) is 78.4 Å². The molecule has 13 heteroatoms. The van der Waals surface area contributed by atoms with E-state index in [-0.39, 0.29) is 35.8 Å². The maximum atomic E-state index is 15.0. The number of carboxylic acids is 1. The van der Waals surface area contributed by atoms with E-state index >= 15 is 4.79 Å². The Morgan fingerprint density at radius 1 is 0.938 bits per heavy atom. The van der Waals surface area contributed by atoms with Crippen LogP contribution in [-0.4, -0.2) is 56.3 Å². The van der Waals surface area contributed by atoms with Crippen molar-refractivity contribution in [2.75, 3.05) is 12.0 Å². The molecule has 2 saturated heterocycles. The number of imide groups is 2. The van der Waals surface area contributed by atoms with E-state index in [9.17, 15) is 33.8 Å². The first-order valence-corrected chi connectivity index (χ1v) is 16.1. The lowest BCUT2D eigenvalue weighted by Crippen LogP contribution is -2.53. The Labute approximate surface area is 283 Å². The summed E-state index contributed by atoms with van der Waals surface area (Å²) in [6.45, 7) is -0.278. The Morgan fingerprint density at radius 2 is 1.65 bits per heavy atom. The van der Waals surface area contributed by atoms with Crippen molar-refractivity contribution in [1.82, 2.24) is 9.91 Å². The van der Waals surface area contributed by atoms with Crippen LogP contribution in [0.25, 0.3) is 0 Å². The molecule has 2 heterocycles. The fourth-order valence-electron chi connectivity index (χ4n) is 8.24. The second-order valence-electron chi connectivity index (χ2n) is 12.6. The molecule has 2 aliphatic heterocycles. The van der Waals surface area contributed by atoms with Gasteiger partial charge in [-0.15, -0.1) is 0 Å². The number of benzene rings is 3. The van der Waals surface area contributed by atoms with Gasteiger partial charge in [0.25, 0.3) is 11.8 Å². The lowest BCUT2D eigenvalue weighted by atomic mass is 9.49. The van der Waals surface area contributed by atoms with Gasteiger partial charge in [-0.3, -0.25) is 34.3 Å². The highest BCUT2D eigenvalue weighted by Crippen LogP contribution is 2.64. The van der Waals surface area contributed by atoms with E-state index in [1.165, 1.54) is 36.4 Å². The normalized spacial score (nSPS) is 27.8. The minimum atomic E-state index is -1.63. The number of anilines is 1. The fourth-order valence-corrected chi connectivity index (χ4v) is 8.65. The molecular weight excluding hydrogens is 664 g/mol. The molecule has 7 rings (SSSR count). The number of aromatic hydroxyl groups is 1. The van der Waals surface area contributed by atoms with Crippen molar-refractivity contribution in [3.05, 3.63) is 105 Å². The number of fused-ring (bicyclic) bond motifs is 4. The minimum Gasteiger partial charge on any atom is -0.508 e. The number of halogens is 3. The standard InChI is InChI=1S/C35H28Cl2FN3O7/c36-18-3-1-17(2-4-18)35-26(32(46)41(34(35)48)39-20-7-5-19(38)6-8-20)16-25-22(30(35)23-10-9-21(42)15-27(23)37)11-12-24-29(25)33(47)40(31(24)45)14-13-28(43)44/h1-11,15,24-26,29-30,39,42H,12-14,16H2,(H,43,44). The molecule has 3 aromatic rings. The molecule has 10 nitrogen and oxygen atoms in total. The number of hydrazine groups is 1. The van der Waals surface area contributed by atoms with Crippen molar-refractivity contribution in [1.29, 1.82) is 0 Å². The van der Waals surface area contributed by atoms with Crippen LogP contribution in [0.1, 0.15) is 36.3 Å². The SMILES string of the molecule is O=C(O)CCN1C(=O)C2CC=C3C(CC4C(=O)N(Nc5ccc(F)cc5)C(=O)C4(c4ccc(Cl)cc4)C3c3ccc(O)cc3Cl)C2C1=O. The maximum Gasteiger partial charge on any atom is 0.305 e. The average molecular weight is 693 g/mol. The van der Waals surface area contributed by atoms with Crippen LogP contribution in [0.3, 0.4) is 0 Å². The first-order chi connectivity index (χ1) is 22.9. The Bertz CT molecular complexity index is 1920. The minimum absolute atomic E-state index is 0.0137. The van der Waals surface area contributed by atoms with Crippen molar-refractivity contribution in [3.8, 4) is 5.75 Å². The van der Waals surface area contributed by atoms with Gasteiger partial charge >= 0.3 is 5.97 Å². The number of hydrogen-bond acceptors (Lipinski definition) is 7. The van der Waals surface area contributed by atoms with Gasteiger partial charge in [0.1, 0.15) is 11.6 Å². The van der Waals surface area contributed by atoms with Gasteiger partial charge in [-0.2, -0.15) is 5.01 Å². The van der Waals surface area contributed by atoms with E-state index in [1.54, 1.807) is 30.3 Å². The van der Waals surface area contributed by atoms with Crippen LogP contribution in [0.4, 0.5) is 10.1 Å². The van der Waals surface area contributed by atoms with E-state index < -0.39 is 76.8 Å². The van der Waals surface area contributed by atoms with Gasteiger partial charge in [-0.1, -0.05) is 53.1 Å². The van der Waals surface area contributed by atoms with Crippen LogP contribution in [-0.2, 0) is 29.4 Å². The van der Waals surface area contributed by atoms with Gasteiger partial charge in [0, 0.05) is 22.5 Å².